The van der Waals surface area contributed by atoms with Crippen LogP contribution in [0, 0.1) is 0 Å². The molecule has 0 bridgehead atoms. The molecule has 0 amide bonds. The van der Waals surface area contributed by atoms with Crippen LogP contribution in [0.25, 0.3) is 0 Å². The van der Waals surface area contributed by atoms with Gasteiger partial charge < -0.3 is 11.1 Å². The van der Waals surface area contributed by atoms with Gasteiger partial charge in [0.15, 0.2) is 0 Å². The molecule has 0 fully saturated rings. The highest BCUT2D eigenvalue weighted by molar-refractivity contribution is 5.50. The average Bonchev–Trinajstić information content (AvgIpc) is 3.01. The summed E-state index contributed by atoms with van der Waals surface area (Å²) in [5.41, 5.74) is 10.2. The molecule has 1 aromatic heterocycles. The van der Waals surface area contributed by atoms with Gasteiger partial charge in [0.2, 0.25) is 0 Å². The molecular weight excluding hydrogens is 260 g/mol. The normalized spacial score (nSPS) is 10.5. The lowest BCUT2D eigenvalue weighted by molar-refractivity contribution is 0.687. The maximum Gasteiger partial charge on any atom is 0.0659 e. The average molecular weight is 278 g/mol. The van der Waals surface area contributed by atoms with E-state index in [0.29, 0.717) is 0 Å². The van der Waals surface area contributed by atoms with E-state index in [1.54, 1.807) is 6.20 Å². The molecule has 0 unspecified atom stereocenters. The molecule has 2 aromatic carbocycles. The maximum absolute atomic E-state index is 5.93. The van der Waals surface area contributed by atoms with E-state index in [9.17, 15) is 0 Å². The molecule has 0 aliphatic rings. The summed E-state index contributed by atoms with van der Waals surface area (Å²) in [5, 5.41) is 7.59. The lowest BCUT2D eigenvalue weighted by atomic mass is 10.1. The first-order valence-electron chi connectivity index (χ1n) is 6.95. The van der Waals surface area contributed by atoms with Crippen LogP contribution in [0.4, 0.5) is 11.4 Å². The van der Waals surface area contributed by atoms with Gasteiger partial charge in [-0.15, -0.1) is 0 Å². The third kappa shape index (κ3) is 3.42. The summed E-state index contributed by atoms with van der Waals surface area (Å²) < 4.78 is 1.91. The first-order chi connectivity index (χ1) is 10.3. The summed E-state index contributed by atoms with van der Waals surface area (Å²) in [6.07, 6.45) is 3.75. The van der Waals surface area contributed by atoms with Crippen molar-refractivity contribution in [1.82, 2.24) is 9.78 Å². The lowest BCUT2D eigenvalue weighted by Crippen LogP contribution is -2.03. The minimum absolute atomic E-state index is 0.727. The quantitative estimate of drug-likeness (QED) is 0.705. The van der Waals surface area contributed by atoms with Crippen LogP contribution in [0.5, 0.6) is 0 Å². The Bertz CT molecular complexity index is 687. The Hall–Kier alpha value is -2.75. The standard InChI is InChI=1S/C17H18N4/c18-17-5-2-1-4-15(17)12-19-16-8-6-14(7-9-16)13-21-11-3-10-20-21/h1-11,19H,12-13,18H2. The van der Waals surface area contributed by atoms with Crippen molar-refractivity contribution in [2.75, 3.05) is 11.1 Å². The topological polar surface area (TPSA) is 55.9 Å². The van der Waals surface area contributed by atoms with Crippen molar-refractivity contribution >= 4 is 11.4 Å². The lowest BCUT2D eigenvalue weighted by Gasteiger charge is -2.09. The molecule has 3 rings (SSSR count). The molecule has 106 valence electrons. The molecule has 0 saturated heterocycles. The van der Waals surface area contributed by atoms with Crippen molar-refractivity contribution in [2.24, 2.45) is 0 Å². The first-order valence-corrected chi connectivity index (χ1v) is 6.95. The highest BCUT2D eigenvalue weighted by atomic mass is 15.3. The molecule has 3 aromatic rings. The first kappa shape index (κ1) is 13.2. The summed E-state index contributed by atoms with van der Waals surface area (Å²) in [5.74, 6) is 0. The van der Waals surface area contributed by atoms with Gasteiger partial charge in [0.25, 0.3) is 0 Å². The van der Waals surface area contributed by atoms with E-state index in [1.165, 1.54) is 5.56 Å². The molecule has 3 N–H and O–H groups in total. The van der Waals surface area contributed by atoms with Crippen molar-refractivity contribution in [1.29, 1.82) is 0 Å². The highest BCUT2D eigenvalue weighted by Crippen LogP contribution is 2.15. The van der Waals surface area contributed by atoms with Crippen molar-refractivity contribution in [3.8, 4) is 0 Å². The monoisotopic (exact) mass is 278 g/mol. The van der Waals surface area contributed by atoms with E-state index in [2.05, 4.69) is 34.7 Å². The fourth-order valence-corrected chi connectivity index (χ4v) is 2.20. The van der Waals surface area contributed by atoms with Crippen LogP contribution in [-0.4, -0.2) is 9.78 Å². The minimum atomic E-state index is 0.727. The third-order valence-electron chi connectivity index (χ3n) is 3.40. The Morgan fingerprint density at radius 2 is 1.81 bits per heavy atom. The second-order valence-electron chi connectivity index (χ2n) is 4.95. The minimum Gasteiger partial charge on any atom is -0.398 e. The number of nitrogens with two attached hydrogens (primary N) is 1. The number of aromatic nitrogens is 2. The van der Waals surface area contributed by atoms with Crippen LogP contribution in [0.3, 0.4) is 0 Å². The summed E-state index contributed by atoms with van der Waals surface area (Å²) in [7, 11) is 0. The Morgan fingerprint density at radius 3 is 2.52 bits per heavy atom. The number of hydrogen-bond donors (Lipinski definition) is 2. The molecule has 1 heterocycles. The zero-order valence-corrected chi connectivity index (χ0v) is 11.7. The molecule has 0 saturated carbocycles. The van der Waals surface area contributed by atoms with Crippen molar-refractivity contribution in [3.63, 3.8) is 0 Å². The van der Waals surface area contributed by atoms with Gasteiger partial charge in [0, 0.05) is 30.3 Å². The molecule has 4 nitrogen and oxygen atoms in total. The highest BCUT2D eigenvalue weighted by Gasteiger charge is 1.99. The zero-order chi connectivity index (χ0) is 14.5. The number of rotatable bonds is 5. The van der Waals surface area contributed by atoms with E-state index in [4.69, 9.17) is 5.73 Å². The fraction of sp³-hybridized carbons (Fsp3) is 0.118. The van der Waals surface area contributed by atoms with Crippen LogP contribution >= 0.6 is 0 Å². The smallest absolute Gasteiger partial charge is 0.0659 e. The fourth-order valence-electron chi connectivity index (χ4n) is 2.20. The van der Waals surface area contributed by atoms with Crippen molar-refractivity contribution in [2.45, 2.75) is 13.1 Å². The van der Waals surface area contributed by atoms with E-state index >= 15 is 0 Å². The number of anilines is 2. The predicted molar refractivity (Wildman–Crippen MR) is 86.0 cm³/mol. The SMILES string of the molecule is Nc1ccccc1CNc1ccc(Cn2cccn2)cc1. The maximum atomic E-state index is 5.93. The Kier molecular flexibility index (Phi) is 3.87. The van der Waals surface area contributed by atoms with E-state index in [0.717, 1.165) is 30.0 Å². The second-order valence-corrected chi connectivity index (χ2v) is 4.95. The molecule has 0 atom stereocenters. The van der Waals surface area contributed by atoms with Crippen LogP contribution in [0.2, 0.25) is 0 Å². The molecule has 0 spiro atoms. The number of nitrogens with zero attached hydrogens (tertiary/aromatic N) is 2. The van der Waals surface area contributed by atoms with Crippen molar-refractivity contribution in [3.05, 3.63) is 78.1 Å². The van der Waals surface area contributed by atoms with Gasteiger partial charge in [-0.2, -0.15) is 5.10 Å². The van der Waals surface area contributed by atoms with E-state index in [-0.39, 0.29) is 0 Å². The number of para-hydroxylation sites is 1. The van der Waals surface area contributed by atoms with E-state index < -0.39 is 0 Å². The predicted octanol–water partition coefficient (Wildman–Crippen LogP) is 3.13. The second kappa shape index (κ2) is 6.13. The van der Waals surface area contributed by atoms with Crippen LogP contribution in [0.15, 0.2) is 67.0 Å². The molecule has 4 heteroatoms. The summed E-state index contributed by atoms with van der Waals surface area (Å²) in [6, 6.07) is 18.2. The zero-order valence-electron chi connectivity index (χ0n) is 11.7. The van der Waals surface area contributed by atoms with Crippen LogP contribution < -0.4 is 11.1 Å². The van der Waals surface area contributed by atoms with Gasteiger partial charge in [-0.3, -0.25) is 4.68 Å². The molecule has 21 heavy (non-hydrogen) atoms. The Labute approximate surface area is 124 Å². The van der Waals surface area contributed by atoms with Gasteiger partial charge >= 0.3 is 0 Å². The third-order valence-corrected chi connectivity index (χ3v) is 3.40. The number of benzene rings is 2. The molecular formula is C17H18N4. The Morgan fingerprint density at radius 1 is 1.00 bits per heavy atom. The van der Waals surface area contributed by atoms with Gasteiger partial charge in [0.05, 0.1) is 6.54 Å². The van der Waals surface area contributed by atoms with Gasteiger partial charge in [0.1, 0.15) is 0 Å². The number of nitrogens with one attached hydrogen (secondary N) is 1. The van der Waals surface area contributed by atoms with Gasteiger partial charge in [-0.05, 0) is 35.4 Å². The number of nitrogen functional groups attached to an aromatic ring is 1. The molecule has 0 radical (unpaired) electrons. The molecule has 0 aliphatic heterocycles. The van der Waals surface area contributed by atoms with Gasteiger partial charge in [-0.1, -0.05) is 30.3 Å². The summed E-state index contributed by atoms with van der Waals surface area (Å²) >= 11 is 0. The van der Waals surface area contributed by atoms with Crippen LogP contribution in [0.1, 0.15) is 11.1 Å². The van der Waals surface area contributed by atoms with Crippen LogP contribution in [-0.2, 0) is 13.1 Å². The summed E-state index contributed by atoms with van der Waals surface area (Å²) in [6.45, 7) is 1.52. The summed E-state index contributed by atoms with van der Waals surface area (Å²) in [4.78, 5) is 0. The van der Waals surface area contributed by atoms with Crippen molar-refractivity contribution < 1.29 is 0 Å². The largest absolute Gasteiger partial charge is 0.398 e. The number of hydrogen-bond acceptors (Lipinski definition) is 3. The van der Waals surface area contributed by atoms with E-state index in [1.807, 2.05) is 41.2 Å². The van der Waals surface area contributed by atoms with Gasteiger partial charge in [-0.25, -0.2) is 0 Å². The Balaban J connectivity index is 1.61. The molecule has 0 aliphatic carbocycles.